The Bertz CT molecular complexity index is 963. The molecule has 0 bridgehead atoms. The molecule has 1 aromatic rings. The van der Waals surface area contributed by atoms with Gasteiger partial charge in [0, 0.05) is 26.1 Å². The lowest BCUT2D eigenvalue weighted by molar-refractivity contribution is -0.165. The van der Waals surface area contributed by atoms with E-state index in [9.17, 15) is 23.7 Å². The Morgan fingerprint density at radius 3 is 2.03 bits per heavy atom. The van der Waals surface area contributed by atoms with Gasteiger partial charge in [-0.25, -0.2) is 9.36 Å². The summed E-state index contributed by atoms with van der Waals surface area (Å²) in [6, 6.07) is 1.01. The highest BCUT2D eigenvalue weighted by Gasteiger charge is 2.51. The van der Waals surface area contributed by atoms with Crippen molar-refractivity contribution in [3.63, 3.8) is 0 Å². The van der Waals surface area contributed by atoms with Crippen molar-refractivity contribution in [2.45, 2.75) is 59.2 Å². The first-order chi connectivity index (χ1) is 15.8. The van der Waals surface area contributed by atoms with Crippen LogP contribution in [0.1, 0.15) is 40.8 Å². The van der Waals surface area contributed by atoms with Crippen LogP contribution >= 0.6 is 7.82 Å². The van der Waals surface area contributed by atoms with Gasteiger partial charge >= 0.3 is 25.5 Å². The summed E-state index contributed by atoms with van der Waals surface area (Å²) in [5, 5.41) is 0. The number of aromatic amines is 1. The van der Waals surface area contributed by atoms with E-state index in [0.717, 1.165) is 30.7 Å². The Balaban J connectivity index is 0.000000718. The van der Waals surface area contributed by atoms with Gasteiger partial charge in [0.05, 0.1) is 6.61 Å². The number of hydrogen-bond donors (Lipinski definition) is 3. The number of carbonyl (C=O) groups excluding carboxylic acids is 2. The summed E-state index contributed by atoms with van der Waals surface area (Å²) < 4.78 is 31.9. The Morgan fingerprint density at radius 1 is 1.09 bits per heavy atom. The first-order valence-electron chi connectivity index (χ1n) is 10.6. The van der Waals surface area contributed by atoms with Crippen LogP contribution in [-0.4, -0.2) is 80.7 Å². The fraction of sp³-hybridized carbons (Fsp3) is 0.684. The smallest absolute Gasteiger partial charge is 0.456 e. The average Bonchev–Trinajstić information content (AvgIpc) is 3.04. The normalized spacial score (nSPS) is 22.1. The fourth-order valence-corrected chi connectivity index (χ4v) is 3.53. The monoisotopic (exact) mass is 509 g/mol. The Labute approximate surface area is 196 Å². The maximum absolute atomic E-state index is 12.0. The van der Waals surface area contributed by atoms with Crippen LogP contribution in [-0.2, 0) is 32.9 Å². The topological polar surface area (TPSA) is 187 Å². The van der Waals surface area contributed by atoms with Gasteiger partial charge in [0.25, 0.3) is 5.56 Å². The van der Waals surface area contributed by atoms with Gasteiger partial charge in [0.15, 0.2) is 18.4 Å². The molecule has 1 aromatic heterocycles. The second kappa shape index (κ2) is 13.5. The minimum atomic E-state index is -4.88. The first-order valence-corrected chi connectivity index (χ1v) is 12.1. The maximum atomic E-state index is 12.0. The summed E-state index contributed by atoms with van der Waals surface area (Å²) in [5.41, 5.74) is -1.58. The van der Waals surface area contributed by atoms with E-state index in [-0.39, 0.29) is 0 Å². The van der Waals surface area contributed by atoms with E-state index in [2.05, 4.69) is 30.2 Å². The lowest BCUT2D eigenvalue weighted by Gasteiger charge is -2.23. The number of carbonyl (C=O) groups is 2. The molecule has 34 heavy (non-hydrogen) atoms. The fourth-order valence-electron chi connectivity index (χ4n) is 3.19. The van der Waals surface area contributed by atoms with Crippen molar-refractivity contribution in [2.75, 3.05) is 26.2 Å². The highest BCUT2D eigenvalue weighted by molar-refractivity contribution is 7.46. The van der Waals surface area contributed by atoms with Crippen LogP contribution in [0, 0.1) is 0 Å². The van der Waals surface area contributed by atoms with E-state index in [1.54, 1.807) is 0 Å². The van der Waals surface area contributed by atoms with Crippen LogP contribution in [0.3, 0.4) is 0 Å². The molecule has 0 spiro atoms. The minimum absolute atomic E-state index is 0.684. The van der Waals surface area contributed by atoms with E-state index < -0.39 is 62.2 Å². The van der Waals surface area contributed by atoms with Gasteiger partial charge in [-0.05, 0) is 19.6 Å². The molecule has 194 valence electrons. The molecular formula is C19H32N3O11P. The van der Waals surface area contributed by atoms with E-state index >= 15 is 0 Å². The number of aromatic nitrogens is 2. The molecule has 15 heteroatoms. The van der Waals surface area contributed by atoms with Crippen molar-refractivity contribution >= 4 is 19.8 Å². The van der Waals surface area contributed by atoms with Gasteiger partial charge in [0.1, 0.15) is 6.10 Å². The van der Waals surface area contributed by atoms with Crippen LogP contribution in [0.25, 0.3) is 0 Å². The zero-order valence-electron chi connectivity index (χ0n) is 19.7. The van der Waals surface area contributed by atoms with Crippen molar-refractivity contribution in [3.8, 4) is 0 Å². The number of nitrogens with zero attached hydrogens (tertiary/aromatic N) is 2. The number of ether oxygens (including phenoxy) is 3. The Hall–Kier alpha value is -2.35. The maximum Gasteiger partial charge on any atom is 0.469 e. The number of phosphoric acid groups is 1. The molecule has 2 rings (SSSR count). The van der Waals surface area contributed by atoms with Gasteiger partial charge in [-0.3, -0.25) is 28.5 Å². The number of nitrogens with one attached hydrogen (secondary N) is 1. The molecule has 1 fully saturated rings. The van der Waals surface area contributed by atoms with Crippen LogP contribution in [0.15, 0.2) is 21.9 Å². The second-order valence-electron chi connectivity index (χ2n) is 7.14. The summed E-state index contributed by atoms with van der Waals surface area (Å²) in [6.45, 7) is 11.5. The van der Waals surface area contributed by atoms with E-state index in [0.29, 0.717) is 0 Å². The van der Waals surface area contributed by atoms with Crippen LogP contribution < -0.4 is 11.2 Å². The zero-order chi connectivity index (χ0) is 26.1. The summed E-state index contributed by atoms with van der Waals surface area (Å²) in [4.78, 5) is 68.2. The molecular weight excluding hydrogens is 477 g/mol. The van der Waals surface area contributed by atoms with Crippen molar-refractivity contribution in [1.82, 2.24) is 14.5 Å². The highest BCUT2D eigenvalue weighted by Crippen LogP contribution is 2.39. The largest absolute Gasteiger partial charge is 0.469 e. The van der Waals surface area contributed by atoms with Gasteiger partial charge < -0.3 is 28.9 Å². The number of rotatable bonds is 9. The molecule has 0 amide bonds. The minimum Gasteiger partial charge on any atom is -0.456 e. The zero-order valence-corrected chi connectivity index (χ0v) is 20.6. The third-order valence-corrected chi connectivity index (χ3v) is 5.25. The van der Waals surface area contributed by atoms with E-state index in [1.807, 2.05) is 4.98 Å². The first kappa shape index (κ1) is 29.7. The van der Waals surface area contributed by atoms with E-state index in [4.69, 9.17) is 24.0 Å². The summed E-state index contributed by atoms with van der Waals surface area (Å²) in [5.74, 6) is -1.59. The molecule has 0 saturated carbocycles. The molecule has 1 aliphatic rings. The standard InChI is InChI=1S/C13H17N2O11P.C6H15N/c1-6(16)24-10-8(5-23-27(20,21)22)26-12(11(10)25-7(2)17)15-4-3-9(18)14-13(15)19;1-4-7(5-2)6-3/h3-4,8,10-12H,5H2,1-2H3,(H,14,18,19)(H2,20,21,22);4-6H2,1-3H3/t8-,10-,11-,12-;/m1./s1. The second-order valence-corrected chi connectivity index (χ2v) is 8.38. The summed E-state index contributed by atoms with van der Waals surface area (Å²) >= 11 is 0. The predicted molar refractivity (Wildman–Crippen MR) is 118 cm³/mol. The molecule has 2 heterocycles. The van der Waals surface area contributed by atoms with Crippen molar-refractivity contribution in [1.29, 1.82) is 0 Å². The molecule has 0 unspecified atom stereocenters. The lowest BCUT2D eigenvalue weighted by atomic mass is 10.1. The molecule has 3 N–H and O–H groups in total. The number of H-pyrrole nitrogens is 1. The third-order valence-electron chi connectivity index (χ3n) is 4.76. The quantitative estimate of drug-likeness (QED) is 0.293. The van der Waals surface area contributed by atoms with Crippen LogP contribution in [0.2, 0.25) is 0 Å². The SMILES string of the molecule is CC(=O)O[C@@H]1[C@H](OC(C)=O)[C@@H](COP(=O)(O)O)O[C@H]1n1ccc(=O)[nH]c1=O.CCN(CC)CC. The summed E-state index contributed by atoms with van der Waals surface area (Å²) in [6.07, 6.45) is -4.25. The number of phosphoric ester groups is 1. The van der Waals surface area contributed by atoms with Crippen molar-refractivity contribution in [2.24, 2.45) is 0 Å². The summed E-state index contributed by atoms with van der Waals surface area (Å²) in [7, 11) is -4.88. The molecule has 4 atom stereocenters. The molecule has 0 aliphatic carbocycles. The van der Waals surface area contributed by atoms with Crippen molar-refractivity contribution < 1.29 is 42.7 Å². The van der Waals surface area contributed by atoms with Gasteiger partial charge in [-0.15, -0.1) is 0 Å². The Kier molecular flexibility index (Phi) is 11.8. The molecule has 0 radical (unpaired) electrons. The lowest BCUT2D eigenvalue weighted by Crippen LogP contribution is -2.42. The van der Waals surface area contributed by atoms with Crippen LogP contribution in [0.4, 0.5) is 0 Å². The van der Waals surface area contributed by atoms with E-state index in [1.165, 1.54) is 19.6 Å². The Morgan fingerprint density at radius 2 is 1.62 bits per heavy atom. The molecule has 1 saturated heterocycles. The molecule has 14 nitrogen and oxygen atoms in total. The van der Waals surface area contributed by atoms with Crippen molar-refractivity contribution in [3.05, 3.63) is 33.1 Å². The number of hydrogen-bond acceptors (Lipinski definition) is 10. The average molecular weight is 509 g/mol. The van der Waals surface area contributed by atoms with Gasteiger partial charge in [0.2, 0.25) is 0 Å². The van der Waals surface area contributed by atoms with Crippen LogP contribution in [0.5, 0.6) is 0 Å². The highest BCUT2D eigenvalue weighted by atomic mass is 31.2. The predicted octanol–water partition coefficient (Wildman–Crippen LogP) is -0.245. The number of esters is 2. The molecule has 1 aliphatic heterocycles. The van der Waals surface area contributed by atoms with Gasteiger partial charge in [-0.1, -0.05) is 20.8 Å². The third kappa shape index (κ3) is 9.49. The van der Waals surface area contributed by atoms with Gasteiger partial charge in [-0.2, -0.15) is 0 Å². The molecule has 0 aromatic carbocycles.